The molecule has 1 fully saturated rings. The fourth-order valence-corrected chi connectivity index (χ4v) is 2.39. The molecular weight excluding hydrogens is 319 g/mol. The predicted molar refractivity (Wildman–Crippen MR) is 81.5 cm³/mol. The topological polar surface area (TPSA) is 54.4 Å². The Balaban J connectivity index is 1.87. The predicted octanol–water partition coefficient (Wildman–Crippen LogP) is 2.46. The standard InChI is InChI=1S/C13H17ClF3N5/c14-20-12(18)19-10-1-3-11(4-2-10)22-7-5-21(6-8-22)9-13(15,16)17/h1-4H,5-9H2,(H3,18,19,20). The van der Waals surface area contributed by atoms with Crippen LogP contribution in [0.1, 0.15) is 0 Å². The van der Waals surface area contributed by atoms with Crippen molar-refractivity contribution in [3.8, 4) is 0 Å². The quantitative estimate of drug-likeness (QED) is 0.451. The van der Waals surface area contributed by atoms with Crippen molar-refractivity contribution in [2.75, 3.05) is 42.9 Å². The van der Waals surface area contributed by atoms with Gasteiger partial charge in [-0.15, -0.1) is 0 Å². The van der Waals surface area contributed by atoms with Gasteiger partial charge in [0.15, 0.2) is 0 Å². The molecule has 0 amide bonds. The summed E-state index contributed by atoms with van der Waals surface area (Å²) >= 11 is 5.28. The SMILES string of the molecule is N=C(NCl)Nc1ccc(N2CCN(CC(F)(F)F)CC2)cc1. The Morgan fingerprint density at radius 3 is 2.23 bits per heavy atom. The van der Waals surface area contributed by atoms with Crippen LogP contribution >= 0.6 is 11.8 Å². The summed E-state index contributed by atoms with van der Waals surface area (Å²) in [5, 5.41) is 10.1. The Bertz CT molecular complexity index is 497. The maximum absolute atomic E-state index is 12.3. The number of nitrogens with one attached hydrogen (secondary N) is 3. The molecule has 1 heterocycles. The summed E-state index contributed by atoms with van der Waals surface area (Å²) in [5.74, 6) is -0.0322. The zero-order chi connectivity index (χ0) is 16.2. The molecule has 0 unspecified atom stereocenters. The average Bonchev–Trinajstić information content (AvgIpc) is 2.47. The number of anilines is 2. The minimum Gasteiger partial charge on any atom is -0.369 e. The molecule has 0 aliphatic carbocycles. The Labute approximate surface area is 131 Å². The van der Waals surface area contributed by atoms with Crippen molar-refractivity contribution in [1.82, 2.24) is 9.74 Å². The molecule has 0 spiro atoms. The minimum absolute atomic E-state index is 0.0322. The molecule has 0 aromatic heterocycles. The number of alkyl halides is 3. The summed E-state index contributed by atoms with van der Waals surface area (Å²) in [5.41, 5.74) is 1.65. The molecule has 5 nitrogen and oxygen atoms in total. The Morgan fingerprint density at radius 1 is 1.14 bits per heavy atom. The van der Waals surface area contributed by atoms with E-state index in [1.54, 1.807) is 12.1 Å². The third kappa shape index (κ3) is 4.96. The highest BCUT2D eigenvalue weighted by molar-refractivity contribution is 6.23. The van der Waals surface area contributed by atoms with Crippen LogP contribution < -0.4 is 15.1 Å². The highest BCUT2D eigenvalue weighted by Gasteiger charge is 2.32. The second-order valence-corrected chi connectivity index (χ2v) is 5.21. The first-order valence-electron chi connectivity index (χ1n) is 6.74. The Kier molecular flexibility index (Phi) is 5.36. The Morgan fingerprint density at radius 2 is 1.73 bits per heavy atom. The number of hydrogen-bond acceptors (Lipinski definition) is 3. The lowest BCUT2D eigenvalue weighted by Gasteiger charge is -2.36. The van der Waals surface area contributed by atoms with Gasteiger partial charge in [0.25, 0.3) is 0 Å². The first kappa shape index (κ1) is 16.7. The van der Waals surface area contributed by atoms with Gasteiger partial charge in [0.05, 0.1) is 6.54 Å². The van der Waals surface area contributed by atoms with Crippen molar-refractivity contribution in [1.29, 1.82) is 5.41 Å². The molecule has 0 saturated carbocycles. The highest BCUT2D eigenvalue weighted by atomic mass is 35.5. The second-order valence-electron chi connectivity index (χ2n) is 5.02. The van der Waals surface area contributed by atoms with Gasteiger partial charge in [-0.05, 0) is 24.3 Å². The van der Waals surface area contributed by atoms with Gasteiger partial charge in [0.1, 0.15) is 0 Å². The van der Waals surface area contributed by atoms with Crippen LogP contribution in [0.25, 0.3) is 0 Å². The zero-order valence-corrected chi connectivity index (χ0v) is 12.5. The lowest BCUT2D eigenvalue weighted by Crippen LogP contribution is -2.49. The number of halogens is 4. The van der Waals surface area contributed by atoms with E-state index in [1.807, 2.05) is 17.0 Å². The second kappa shape index (κ2) is 7.06. The van der Waals surface area contributed by atoms with Gasteiger partial charge in [0.2, 0.25) is 5.96 Å². The molecule has 0 radical (unpaired) electrons. The normalized spacial score (nSPS) is 16.5. The van der Waals surface area contributed by atoms with E-state index in [0.29, 0.717) is 31.9 Å². The summed E-state index contributed by atoms with van der Waals surface area (Å²) in [6.45, 7) is 1.04. The van der Waals surface area contributed by atoms with E-state index in [-0.39, 0.29) is 5.96 Å². The minimum atomic E-state index is -4.14. The van der Waals surface area contributed by atoms with Gasteiger partial charge in [-0.3, -0.25) is 15.1 Å². The zero-order valence-electron chi connectivity index (χ0n) is 11.8. The number of benzene rings is 1. The molecule has 2 rings (SSSR count). The van der Waals surface area contributed by atoms with Gasteiger partial charge in [0, 0.05) is 49.3 Å². The van der Waals surface area contributed by atoms with E-state index in [1.165, 1.54) is 4.90 Å². The van der Waals surface area contributed by atoms with E-state index in [4.69, 9.17) is 17.2 Å². The number of guanidine groups is 1. The molecule has 1 saturated heterocycles. The van der Waals surface area contributed by atoms with Crippen LogP contribution in [0.3, 0.4) is 0 Å². The maximum atomic E-state index is 12.3. The van der Waals surface area contributed by atoms with Gasteiger partial charge < -0.3 is 10.2 Å². The number of nitrogens with zero attached hydrogens (tertiary/aromatic N) is 2. The van der Waals surface area contributed by atoms with Crippen LogP contribution in [-0.2, 0) is 0 Å². The van der Waals surface area contributed by atoms with Crippen molar-refractivity contribution >= 4 is 29.1 Å². The fourth-order valence-electron chi connectivity index (χ4n) is 2.34. The van der Waals surface area contributed by atoms with Crippen molar-refractivity contribution in [3.63, 3.8) is 0 Å². The monoisotopic (exact) mass is 335 g/mol. The van der Waals surface area contributed by atoms with Crippen LogP contribution in [0.15, 0.2) is 24.3 Å². The molecule has 1 aromatic carbocycles. The molecule has 3 N–H and O–H groups in total. The van der Waals surface area contributed by atoms with E-state index < -0.39 is 12.7 Å². The molecule has 0 bridgehead atoms. The summed E-state index contributed by atoms with van der Waals surface area (Å²) in [4.78, 5) is 5.61. The van der Waals surface area contributed by atoms with Crippen molar-refractivity contribution < 1.29 is 13.2 Å². The van der Waals surface area contributed by atoms with E-state index in [9.17, 15) is 13.2 Å². The van der Waals surface area contributed by atoms with E-state index >= 15 is 0 Å². The number of piperazine rings is 1. The van der Waals surface area contributed by atoms with Crippen molar-refractivity contribution in [3.05, 3.63) is 24.3 Å². The molecule has 1 aliphatic rings. The summed E-state index contributed by atoms with van der Waals surface area (Å²) < 4.78 is 37.0. The fraction of sp³-hybridized carbons (Fsp3) is 0.462. The molecule has 122 valence electrons. The van der Waals surface area contributed by atoms with Crippen LogP contribution in [0, 0.1) is 5.41 Å². The third-order valence-electron chi connectivity index (χ3n) is 3.37. The molecular formula is C13H17ClF3N5. The number of rotatable bonds is 3. The smallest absolute Gasteiger partial charge is 0.369 e. The Hall–Kier alpha value is -1.67. The molecule has 9 heteroatoms. The van der Waals surface area contributed by atoms with Crippen LogP contribution in [0.2, 0.25) is 0 Å². The van der Waals surface area contributed by atoms with Crippen LogP contribution in [0.5, 0.6) is 0 Å². The van der Waals surface area contributed by atoms with Crippen LogP contribution in [-0.4, -0.2) is 49.8 Å². The third-order valence-corrected chi connectivity index (χ3v) is 3.56. The lowest BCUT2D eigenvalue weighted by atomic mass is 10.2. The van der Waals surface area contributed by atoms with E-state index in [2.05, 4.69) is 10.2 Å². The largest absolute Gasteiger partial charge is 0.401 e. The summed E-state index contributed by atoms with van der Waals surface area (Å²) in [6, 6.07) is 7.31. The average molecular weight is 336 g/mol. The summed E-state index contributed by atoms with van der Waals surface area (Å²) in [6.07, 6.45) is -4.14. The molecule has 1 aromatic rings. The van der Waals surface area contributed by atoms with Gasteiger partial charge >= 0.3 is 6.18 Å². The van der Waals surface area contributed by atoms with E-state index in [0.717, 1.165) is 5.69 Å². The first-order chi connectivity index (χ1) is 10.4. The van der Waals surface area contributed by atoms with Gasteiger partial charge in [-0.1, -0.05) is 0 Å². The summed E-state index contributed by atoms with van der Waals surface area (Å²) in [7, 11) is 0. The van der Waals surface area contributed by atoms with Crippen molar-refractivity contribution in [2.24, 2.45) is 0 Å². The molecule has 1 aliphatic heterocycles. The number of hydrogen-bond donors (Lipinski definition) is 3. The van der Waals surface area contributed by atoms with Crippen LogP contribution in [0.4, 0.5) is 24.5 Å². The highest BCUT2D eigenvalue weighted by Crippen LogP contribution is 2.21. The molecule has 22 heavy (non-hydrogen) atoms. The van der Waals surface area contributed by atoms with Gasteiger partial charge in [-0.2, -0.15) is 13.2 Å². The molecule has 0 atom stereocenters. The van der Waals surface area contributed by atoms with Gasteiger partial charge in [-0.25, -0.2) is 0 Å². The van der Waals surface area contributed by atoms with Crippen molar-refractivity contribution in [2.45, 2.75) is 6.18 Å². The first-order valence-corrected chi connectivity index (χ1v) is 7.11. The maximum Gasteiger partial charge on any atom is 0.401 e. The lowest BCUT2D eigenvalue weighted by molar-refractivity contribution is -0.146.